The van der Waals surface area contributed by atoms with Gasteiger partial charge in [-0.2, -0.15) is 5.10 Å². The summed E-state index contributed by atoms with van der Waals surface area (Å²) in [5.41, 5.74) is -1.38. The number of halogens is 1. The Morgan fingerprint density at radius 2 is 2.06 bits per heavy atom. The molecule has 2 aliphatic heterocycles. The zero-order valence-electron chi connectivity index (χ0n) is 19.7. The SMILES string of the molecule is Cc1cc(CNC(=O)c2nc3n(c(=O)c2O)CC2(Cn4cncn4)CCC3(NC=O)CC2)ccc1F. The van der Waals surface area contributed by atoms with Gasteiger partial charge in [-0.3, -0.25) is 23.6 Å². The number of nitrogens with one attached hydrogen (secondary N) is 2. The molecule has 1 fully saturated rings. The quantitative estimate of drug-likeness (QED) is 0.417. The van der Waals surface area contributed by atoms with Gasteiger partial charge < -0.3 is 15.7 Å². The van der Waals surface area contributed by atoms with E-state index in [1.165, 1.54) is 23.0 Å². The molecular formula is C24H26FN7O4. The summed E-state index contributed by atoms with van der Waals surface area (Å²) >= 11 is 0. The Bertz CT molecular complexity index is 1380. The largest absolute Gasteiger partial charge is 0.501 e. The monoisotopic (exact) mass is 495 g/mol. The highest BCUT2D eigenvalue weighted by Gasteiger charge is 2.51. The Morgan fingerprint density at radius 3 is 2.72 bits per heavy atom. The fourth-order valence-electron chi connectivity index (χ4n) is 5.41. The maximum Gasteiger partial charge on any atom is 0.296 e. The van der Waals surface area contributed by atoms with E-state index in [0.29, 0.717) is 49.8 Å². The Morgan fingerprint density at radius 1 is 1.28 bits per heavy atom. The highest BCUT2D eigenvalue weighted by molar-refractivity contribution is 5.94. The van der Waals surface area contributed by atoms with Gasteiger partial charge in [-0.15, -0.1) is 0 Å². The molecule has 12 heteroatoms. The predicted octanol–water partition coefficient (Wildman–Crippen LogP) is 1.13. The molecule has 4 heterocycles. The average Bonchev–Trinajstić information content (AvgIpc) is 3.28. The minimum atomic E-state index is -0.944. The lowest BCUT2D eigenvalue weighted by atomic mass is 9.68. The number of aromatic nitrogens is 5. The van der Waals surface area contributed by atoms with Gasteiger partial charge in [-0.05, 0) is 49.8 Å². The van der Waals surface area contributed by atoms with Crippen molar-refractivity contribution in [1.82, 2.24) is 34.9 Å². The second-order valence-electron chi connectivity index (χ2n) is 9.73. The molecule has 0 radical (unpaired) electrons. The van der Waals surface area contributed by atoms with Crippen molar-refractivity contribution in [3.63, 3.8) is 0 Å². The highest BCUT2D eigenvalue weighted by Crippen LogP contribution is 2.50. The van der Waals surface area contributed by atoms with Crippen LogP contribution in [0.2, 0.25) is 0 Å². The van der Waals surface area contributed by atoms with Gasteiger partial charge in [0, 0.05) is 18.5 Å². The van der Waals surface area contributed by atoms with Crippen molar-refractivity contribution in [3.05, 3.63) is 69.7 Å². The van der Waals surface area contributed by atoms with Crippen molar-refractivity contribution in [2.45, 2.75) is 57.8 Å². The molecule has 2 amide bonds. The van der Waals surface area contributed by atoms with Gasteiger partial charge in [0.1, 0.15) is 24.3 Å². The molecule has 6 rings (SSSR count). The smallest absolute Gasteiger partial charge is 0.296 e. The topological polar surface area (TPSA) is 144 Å². The number of benzene rings is 1. The Kier molecular flexibility index (Phi) is 5.81. The summed E-state index contributed by atoms with van der Waals surface area (Å²) in [4.78, 5) is 46.4. The second kappa shape index (κ2) is 8.85. The third kappa shape index (κ3) is 4.01. The number of amides is 2. The molecule has 1 saturated carbocycles. The van der Waals surface area contributed by atoms with E-state index in [2.05, 4.69) is 25.7 Å². The van der Waals surface area contributed by atoms with Crippen LogP contribution >= 0.6 is 0 Å². The Labute approximate surface area is 205 Å². The summed E-state index contributed by atoms with van der Waals surface area (Å²) in [6, 6.07) is 4.45. The van der Waals surface area contributed by atoms with E-state index in [1.54, 1.807) is 24.0 Å². The van der Waals surface area contributed by atoms with E-state index < -0.39 is 28.4 Å². The number of hydrogen-bond donors (Lipinski definition) is 3. The molecule has 36 heavy (non-hydrogen) atoms. The van der Waals surface area contributed by atoms with Crippen LogP contribution in [0.3, 0.4) is 0 Å². The van der Waals surface area contributed by atoms with Gasteiger partial charge in [0.2, 0.25) is 12.2 Å². The lowest BCUT2D eigenvalue weighted by molar-refractivity contribution is -0.112. The number of aryl methyl sites for hydroxylation is 1. The van der Waals surface area contributed by atoms with Crippen LogP contribution in [0, 0.1) is 18.2 Å². The van der Waals surface area contributed by atoms with Crippen LogP contribution in [0.5, 0.6) is 5.75 Å². The first-order chi connectivity index (χ1) is 17.3. The molecule has 0 spiro atoms. The number of rotatable bonds is 7. The average molecular weight is 496 g/mol. The van der Waals surface area contributed by atoms with E-state index >= 15 is 0 Å². The fourth-order valence-corrected chi connectivity index (χ4v) is 5.41. The molecule has 188 valence electrons. The van der Waals surface area contributed by atoms with E-state index in [1.807, 2.05) is 0 Å². The van der Waals surface area contributed by atoms with Crippen LogP contribution < -0.4 is 16.2 Å². The van der Waals surface area contributed by atoms with Crippen molar-refractivity contribution in [1.29, 1.82) is 0 Å². The predicted molar refractivity (Wildman–Crippen MR) is 124 cm³/mol. The Balaban J connectivity index is 1.51. The summed E-state index contributed by atoms with van der Waals surface area (Å²) in [5, 5.41) is 20.4. The van der Waals surface area contributed by atoms with Gasteiger partial charge in [-0.1, -0.05) is 12.1 Å². The fraction of sp³-hybridized carbons (Fsp3) is 0.417. The standard InChI is InChI=1S/C24H26FN7O4/c1-15-8-16(2-3-17(15)25)9-27-20(35)18-19(34)21(36)32-11-23(10-31-13-26-12-29-31)4-6-24(7-5-23,28-14-33)22(32)30-18/h2-3,8,12-14,34H,4-7,9-11H2,1H3,(H,27,35)(H,28,33). The molecule has 1 aromatic carbocycles. The molecule has 2 aromatic heterocycles. The van der Waals surface area contributed by atoms with Gasteiger partial charge in [0.25, 0.3) is 11.5 Å². The van der Waals surface area contributed by atoms with Gasteiger partial charge in [-0.25, -0.2) is 14.4 Å². The van der Waals surface area contributed by atoms with Gasteiger partial charge in [0.15, 0.2) is 5.69 Å². The number of carbonyl (C=O) groups is 2. The van der Waals surface area contributed by atoms with Crippen molar-refractivity contribution in [2.24, 2.45) is 5.41 Å². The highest BCUT2D eigenvalue weighted by atomic mass is 19.1. The first-order valence-corrected chi connectivity index (χ1v) is 11.7. The van der Waals surface area contributed by atoms with E-state index in [4.69, 9.17) is 0 Å². The molecule has 0 saturated heterocycles. The first kappa shape index (κ1) is 23.6. The normalized spacial score (nSPS) is 22.5. The van der Waals surface area contributed by atoms with Crippen LogP contribution in [0.4, 0.5) is 4.39 Å². The van der Waals surface area contributed by atoms with Crippen molar-refractivity contribution in [3.8, 4) is 5.75 Å². The summed E-state index contributed by atoms with van der Waals surface area (Å²) in [5.74, 6) is -1.61. The van der Waals surface area contributed by atoms with E-state index in [9.17, 15) is 23.9 Å². The molecule has 0 atom stereocenters. The summed E-state index contributed by atoms with van der Waals surface area (Å²) in [6.45, 7) is 2.43. The molecule has 0 unspecified atom stereocenters. The minimum absolute atomic E-state index is 0.0538. The van der Waals surface area contributed by atoms with Crippen molar-refractivity contribution >= 4 is 12.3 Å². The lowest BCUT2D eigenvalue weighted by Gasteiger charge is -2.41. The summed E-state index contributed by atoms with van der Waals surface area (Å²) in [6.07, 6.45) is 5.99. The maximum atomic E-state index is 13.6. The molecule has 1 aliphatic carbocycles. The summed E-state index contributed by atoms with van der Waals surface area (Å²) in [7, 11) is 0. The molecular weight excluding hydrogens is 469 g/mol. The van der Waals surface area contributed by atoms with Crippen LogP contribution in [0.25, 0.3) is 0 Å². The minimum Gasteiger partial charge on any atom is -0.501 e. The molecule has 3 N–H and O–H groups in total. The number of carbonyl (C=O) groups excluding carboxylic acids is 2. The molecule has 11 nitrogen and oxygen atoms in total. The van der Waals surface area contributed by atoms with Crippen LogP contribution in [-0.2, 0) is 30.0 Å². The van der Waals surface area contributed by atoms with Crippen LogP contribution in [0.15, 0.2) is 35.6 Å². The zero-order valence-corrected chi connectivity index (χ0v) is 19.7. The first-order valence-electron chi connectivity index (χ1n) is 11.7. The molecule has 2 bridgehead atoms. The van der Waals surface area contributed by atoms with Gasteiger partial charge in [0.05, 0.1) is 12.1 Å². The third-order valence-electron chi connectivity index (χ3n) is 7.42. The Hall–Kier alpha value is -4.09. The van der Waals surface area contributed by atoms with E-state index in [-0.39, 0.29) is 30.1 Å². The zero-order chi connectivity index (χ0) is 25.5. The molecule has 3 aromatic rings. The lowest BCUT2D eigenvalue weighted by Crippen LogP contribution is -2.47. The van der Waals surface area contributed by atoms with Crippen molar-refractivity contribution < 1.29 is 19.1 Å². The number of hydrogen-bond acceptors (Lipinski definition) is 7. The van der Waals surface area contributed by atoms with E-state index in [0.717, 1.165) is 0 Å². The second-order valence-corrected chi connectivity index (χ2v) is 9.73. The maximum absolute atomic E-state index is 13.6. The van der Waals surface area contributed by atoms with Crippen LogP contribution in [-0.4, -0.2) is 41.7 Å². The van der Waals surface area contributed by atoms with Crippen LogP contribution in [0.1, 0.15) is 53.1 Å². The summed E-state index contributed by atoms with van der Waals surface area (Å²) < 4.78 is 16.6. The number of nitrogens with zero attached hydrogens (tertiary/aromatic N) is 5. The number of fused-ring (bicyclic) bond motifs is 2. The van der Waals surface area contributed by atoms with Crippen molar-refractivity contribution in [2.75, 3.05) is 0 Å². The molecule has 3 aliphatic rings. The number of aromatic hydroxyl groups is 1. The van der Waals surface area contributed by atoms with Gasteiger partial charge >= 0.3 is 0 Å². The third-order valence-corrected chi connectivity index (χ3v) is 7.42.